The Balaban J connectivity index is 1.28. The summed E-state index contributed by atoms with van der Waals surface area (Å²) in [5.41, 5.74) is 2.02. The van der Waals surface area contributed by atoms with Crippen LogP contribution in [-0.2, 0) is 0 Å². The van der Waals surface area contributed by atoms with E-state index >= 15 is 0 Å². The predicted molar refractivity (Wildman–Crippen MR) is 116 cm³/mol. The molecule has 2 aliphatic heterocycles. The van der Waals surface area contributed by atoms with E-state index in [2.05, 4.69) is 21.2 Å². The fourth-order valence-electron chi connectivity index (χ4n) is 5.22. The topological polar surface area (TPSA) is 51.1 Å². The Labute approximate surface area is 174 Å². The number of aliphatic hydroxyl groups is 1. The maximum Gasteiger partial charge on any atom is 0.114 e. The van der Waals surface area contributed by atoms with Crippen LogP contribution in [0.5, 0.6) is 0 Å². The van der Waals surface area contributed by atoms with Gasteiger partial charge < -0.3 is 5.11 Å². The summed E-state index contributed by atoms with van der Waals surface area (Å²) in [6.45, 7) is 8.15. The summed E-state index contributed by atoms with van der Waals surface area (Å²) < 4.78 is 14.9. The number of dihydropyridines is 1. The molecule has 5 nitrogen and oxygen atoms in total. The van der Waals surface area contributed by atoms with E-state index in [-0.39, 0.29) is 24.1 Å². The summed E-state index contributed by atoms with van der Waals surface area (Å²) in [5, 5.41) is 13.5. The quantitative estimate of drug-likeness (QED) is 0.740. The molecule has 2 aliphatic carbocycles. The van der Waals surface area contributed by atoms with E-state index < -0.39 is 5.60 Å². The minimum Gasteiger partial charge on any atom is -0.389 e. The third-order valence-corrected chi connectivity index (χ3v) is 6.70. The van der Waals surface area contributed by atoms with Gasteiger partial charge in [0.05, 0.1) is 11.6 Å². The van der Waals surface area contributed by atoms with Gasteiger partial charge in [0.1, 0.15) is 12.0 Å². The summed E-state index contributed by atoms with van der Waals surface area (Å²) in [4.78, 5) is 9.59. The van der Waals surface area contributed by atoms with Crippen molar-refractivity contribution in [2.24, 2.45) is 4.99 Å². The van der Waals surface area contributed by atoms with Crippen molar-refractivity contribution in [2.75, 3.05) is 32.7 Å². The Bertz CT molecular complexity index is 673. The van der Waals surface area contributed by atoms with E-state index in [4.69, 9.17) is 4.99 Å². The van der Waals surface area contributed by atoms with Gasteiger partial charge in [-0.2, -0.15) is 0 Å². The van der Waals surface area contributed by atoms with Gasteiger partial charge in [-0.25, -0.2) is 4.39 Å². The van der Waals surface area contributed by atoms with E-state index in [1.54, 1.807) is 0 Å². The number of nitrogens with zero attached hydrogens (tertiary/aromatic N) is 3. The van der Waals surface area contributed by atoms with Crippen molar-refractivity contribution < 1.29 is 9.50 Å². The third-order valence-electron chi connectivity index (χ3n) is 6.70. The number of β-amino-alcohol motifs (C(OH)–C–C–N with tert-alkyl or cyclic N) is 1. The molecule has 2 fully saturated rings. The van der Waals surface area contributed by atoms with Crippen LogP contribution in [0.25, 0.3) is 0 Å². The summed E-state index contributed by atoms with van der Waals surface area (Å²) in [6, 6.07) is -0.00420. The average Bonchev–Trinajstić information content (AvgIpc) is 2.69. The van der Waals surface area contributed by atoms with Gasteiger partial charge in [0.15, 0.2) is 0 Å². The van der Waals surface area contributed by atoms with Gasteiger partial charge in [-0.15, -0.1) is 0 Å². The second kappa shape index (κ2) is 8.96. The van der Waals surface area contributed by atoms with Crippen molar-refractivity contribution in [1.29, 1.82) is 0 Å². The van der Waals surface area contributed by atoms with Gasteiger partial charge in [0, 0.05) is 50.9 Å². The first-order valence-corrected chi connectivity index (χ1v) is 11.5. The van der Waals surface area contributed by atoms with Crippen molar-refractivity contribution in [3.63, 3.8) is 0 Å². The molecule has 29 heavy (non-hydrogen) atoms. The lowest BCUT2D eigenvalue weighted by Crippen LogP contribution is -2.53. The molecular formula is C23H37FN4O. The molecule has 2 heterocycles. The van der Waals surface area contributed by atoms with Crippen LogP contribution in [0.1, 0.15) is 58.8 Å². The first-order chi connectivity index (χ1) is 13.9. The highest BCUT2D eigenvalue weighted by atomic mass is 19.1. The van der Waals surface area contributed by atoms with Crippen LogP contribution >= 0.6 is 0 Å². The number of piperazine rings is 1. The Kier molecular flexibility index (Phi) is 6.54. The third kappa shape index (κ3) is 5.54. The minimum atomic E-state index is -0.659. The van der Waals surface area contributed by atoms with Crippen LogP contribution in [0.4, 0.5) is 4.39 Å². The molecule has 4 aliphatic rings. The second-order valence-electron chi connectivity index (χ2n) is 9.80. The average molecular weight is 405 g/mol. The monoisotopic (exact) mass is 404 g/mol. The maximum absolute atomic E-state index is 14.9. The van der Waals surface area contributed by atoms with Crippen LogP contribution in [-0.4, -0.2) is 77.2 Å². The first-order valence-electron chi connectivity index (χ1n) is 11.5. The van der Waals surface area contributed by atoms with Crippen molar-refractivity contribution in [2.45, 2.75) is 82.6 Å². The second-order valence-corrected chi connectivity index (χ2v) is 9.80. The fourth-order valence-corrected chi connectivity index (χ4v) is 5.22. The van der Waals surface area contributed by atoms with Crippen molar-refractivity contribution >= 4 is 5.71 Å². The van der Waals surface area contributed by atoms with E-state index in [1.807, 2.05) is 19.9 Å². The number of hydrogen-bond donors (Lipinski definition) is 2. The maximum atomic E-state index is 14.9. The smallest absolute Gasteiger partial charge is 0.114 e. The number of nitrogens with one attached hydrogen (secondary N) is 1. The van der Waals surface area contributed by atoms with Crippen molar-refractivity contribution in [1.82, 2.24) is 15.1 Å². The van der Waals surface area contributed by atoms with Gasteiger partial charge in [-0.3, -0.25) is 20.1 Å². The standard InChI is InChI=1S/C23H37FN4O/c1-23(2,29)16-27-11-13-28(14-12-27)18-8-9-21(19(24)15-18)26-22-10-7-17-5-3-4-6-20(17)25-22/h7,15,18,21-22,26,29H,3-6,8-14,16H2,1-2H3. The normalized spacial score (nSPS) is 32.3. The van der Waals surface area contributed by atoms with Crippen LogP contribution < -0.4 is 5.32 Å². The van der Waals surface area contributed by atoms with E-state index in [9.17, 15) is 9.50 Å². The van der Waals surface area contributed by atoms with Crippen LogP contribution in [0.3, 0.4) is 0 Å². The molecule has 6 heteroatoms. The van der Waals surface area contributed by atoms with Crippen LogP contribution in [0.15, 0.2) is 28.5 Å². The zero-order chi connectivity index (χ0) is 20.4. The van der Waals surface area contributed by atoms with E-state index in [1.165, 1.54) is 24.1 Å². The number of fused-ring (bicyclic) bond motifs is 1. The van der Waals surface area contributed by atoms with E-state index in [0.717, 1.165) is 58.3 Å². The lowest BCUT2D eigenvalue weighted by molar-refractivity contribution is 0.0127. The lowest BCUT2D eigenvalue weighted by Gasteiger charge is -2.41. The van der Waals surface area contributed by atoms with Crippen LogP contribution in [0, 0.1) is 0 Å². The zero-order valence-corrected chi connectivity index (χ0v) is 18.0. The highest BCUT2D eigenvalue weighted by Gasteiger charge is 2.31. The molecule has 0 aromatic heterocycles. The molecule has 1 saturated heterocycles. The molecule has 3 atom stereocenters. The molecule has 0 aromatic carbocycles. The Morgan fingerprint density at radius 3 is 2.66 bits per heavy atom. The molecule has 1 saturated carbocycles. The van der Waals surface area contributed by atoms with E-state index in [0.29, 0.717) is 6.54 Å². The molecule has 0 amide bonds. The number of hydrogen-bond acceptors (Lipinski definition) is 5. The fraction of sp³-hybridized carbons (Fsp3) is 0.783. The summed E-state index contributed by atoms with van der Waals surface area (Å²) in [5.74, 6) is -0.0150. The number of halogens is 1. The summed E-state index contributed by atoms with van der Waals surface area (Å²) >= 11 is 0. The van der Waals surface area contributed by atoms with Crippen molar-refractivity contribution in [3.05, 3.63) is 23.6 Å². The van der Waals surface area contributed by atoms with Crippen molar-refractivity contribution in [3.8, 4) is 0 Å². The highest BCUT2D eigenvalue weighted by Crippen LogP contribution is 2.28. The summed E-state index contributed by atoms with van der Waals surface area (Å²) in [7, 11) is 0. The van der Waals surface area contributed by atoms with Gasteiger partial charge in [0.25, 0.3) is 0 Å². The summed E-state index contributed by atoms with van der Waals surface area (Å²) in [6.07, 6.45) is 11.6. The highest BCUT2D eigenvalue weighted by molar-refractivity contribution is 6.01. The Morgan fingerprint density at radius 1 is 1.17 bits per heavy atom. The largest absolute Gasteiger partial charge is 0.389 e. The Morgan fingerprint density at radius 2 is 1.93 bits per heavy atom. The van der Waals surface area contributed by atoms with Gasteiger partial charge in [0.2, 0.25) is 0 Å². The minimum absolute atomic E-state index is 0.0150. The SMILES string of the molecule is CC(C)(O)CN1CCN(C2C=C(F)C(NC3CC=C4CCCCC4=N3)CC2)CC1. The first kappa shape index (κ1) is 21.2. The van der Waals surface area contributed by atoms with Crippen LogP contribution in [0.2, 0.25) is 0 Å². The number of allylic oxidation sites excluding steroid dienone is 1. The molecular weight excluding hydrogens is 367 g/mol. The zero-order valence-electron chi connectivity index (χ0n) is 18.0. The number of rotatable bonds is 5. The molecule has 4 rings (SSSR count). The molecule has 0 radical (unpaired) electrons. The molecule has 2 N–H and O–H groups in total. The Hall–Kier alpha value is -1.08. The van der Waals surface area contributed by atoms with Gasteiger partial charge >= 0.3 is 0 Å². The lowest BCUT2D eigenvalue weighted by atomic mass is 9.89. The van der Waals surface area contributed by atoms with Gasteiger partial charge in [-0.1, -0.05) is 6.08 Å². The molecule has 0 aromatic rings. The molecule has 3 unspecified atom stereocenters. The number of aliphatic imine (C=N–C) groups is 1. The molecule has 0 spiro atoms. The molecule has 162 valence electrons. The molecule has 0 bridgehead atoms. The predicted octanol–water partition coefficient (Wildman–Crippen LogP) is 3.02. The van der Waals surface area contributed by atoms with Gasteiger partial charge in [-0.05, 0) is 64.0 Å².